The molecule has 3 aliphatic rings. The average Bonchev–Trinajstić information content (AvgIpc) is 2.82. The molecule has 2 heterocycles. The van der Waals surface area contributed by atoms with Gasteiger partial charge in [-0.3, -0.25) is 24.0 Å². The fraction of sp³-hybridized carbons (Fsp3) is 0.267. The van der Waals surface area contributed by atoms with E-state index in [2.05, 4.69) is 9.47 Å². The first-order chi connectivity index (χ1) is 11.3. The van der Waals surface area contributed by atoms with E-state index in [9.17, 15) is 24.0 Å². The molecule has 0 spiro atoms. The number of anilines is 1. The van der Waals surface area contributed by atoms with E-state index in [1.54, 1.807) is 24.3 Å². The second kappa shape index (κ2) is 5.44. The number of cyclic esters (lactones) is 4. The van der Waals surface area contributed by atoms with Crippen molar-refractivity contribution in [1.29, 1.82) is 0 Å². The molecule has 4 rings (SSSR count). The minimum atomic E-state index is -0.786. The third-order valence-corrected chi connectivity index (χ3v) is 4.21. The topological polar surface area (TPSA) is 156 Å². The number of nitrogens with two attached hydrogens (primary N) is 2. The Hall–Kier alpha value is -3.23. The van der Waals surface area contributed by atoms with Crippen LogP contribution < -0.4 is 11.5 Å². The maximum atomic E-state index is 11.1. The van der Waals surface area contributed by atoms with Crippen LogP contribution in [0.15, 0.2) is 24.3 Å². The van der Waals surface area contributed by atoms with E-state index in [0.717, 1.165) is 0 Å². The van der Waals surface area contributed by atoms with Crippen LogP contribution in [0.2, 0.25) is 0 Å². The Labute approximate surface area is 134 Å². The van der Waals surface area contributed by atoms with Gasteiger partial charge in [0.1, 0.15) is 0 Å². The molecule has 1 aliphatic carbocycles. The van der Waals surface area contributed by atoms with Crippen molar-refractivity contribution >= 4 is 35.5 Å². The zero-order valence-electron chi connectivity index (χ0n) is 12.1. The van der Waals surface area contributed by atoms with Crippen molar-refractivity contribution in [1.82, 2.24) is 0 Å². The first-order valence-corrected chi connectivity index (χ1v) is 6.97. The number of carbonyl (C=O) groups excluding carboxylic acids is 5. The highest BCUT2D eigenvalue weighted by molar-refractivity contribution is 6.10. The summed E-state index contributed by atoms with van der Waals surface area (Å²) in [6, 6.07) is 6.56. The molecule has 0 radical (unpaired) electrons. The van der Waals surface area contributed by atoms with Crippen molar-refractivity contribution in [3.8, 4) is 0 Å². The summed E-state index contributed by atoms with van der Waals surface area (Å²) in [5, 5.41) is 0. The number of nitrogen functional groups attached to an aromatic ring is 1. The molecule has 0 atom stereocenters. The second-order valence-electron chi connectivity index (χ2n) is 5.57. The fourth-order valence-corrected chi connectivity index (χ4v) is 3.08. The summed E-state index contributed by atoms with van der Waals surface area (Å²) >= 11 is 0. The van der Waals surface area contributed by atoms with Gasteiger partial charge >= 0.3 is 23.9 Å². The number of primary amides is 1. The van der Waals surface area contributed by atoms with Gasteiger partial charge in [-0.05, 0) is 18.2 Å². The summed E-state index contributed by atoms with van der Waals surface area (Å²) in [4.78, 5) is 54.8. The highest BCUT2D eigenvalue weighted by Gasteiger charge is 2.72. The lowest BCUT2D eigenvalue weighted by Crippen LogP contribution is -2.50. The number of hydrogen-bond acceptors (Lipinski definition) is 8. The number of carbonyl (C=O) groups is 5. The largest absolute Gasteiger partial charge is 0.399 e. The molecule has 9 nitrogen and oxygen atoms in total. The van der Waals surface area contributed by atoms with E-state index in [0.29, 0.717) is 11.3 Å². The van der Waals surface area contributed by atoms with Crippen LogP contribution >= 0.6 is 0 Å². The van der Waals surface area contributed by atoms with Gasteiger partial charge in [0.2, 0.25) is 5.91 Å². The molecule has 0 bridgehead atoms. The molecular weight excluding hydrogens is 320 g/mol. The van der Waals surface area contributed by atoms with Crippen molar-refractivity contribution in [2.45, 2.75) is 0 Å². The van der Waals surface area contributed by atoms with Crippen molar-refractivity contribution < 1.29 is 33.4 Å². The third kappa shape index (κ3) is 2.30. The predicted octanol–water partition coefficient (Wildman–Crippen LogP) is -1.00. The molecule has 1 aromatic carbocycles. The van der Waals surface area contributed by atoms with Gasteiger partial charge in [-0.15, -0.1) is 0 Å². The van der Waals surface area contributed by atoms with Crippen LogP contribution in [0.3, 0.4) is 0 Å². The van der Waals surface area contributed by atoms with Crippen LogP contribution in [0, 0.1) is 23.7 Å². The van der Waals surface area contributed by atoms with Gasteiger partial charge in [-0.1, -0.05) is 6.07 Å². The van der Waals surface area contributed by atoms with Gasteiger partial charge in [0.25, 0.3) is 0 Å². The summed E-state index contributed by atoms with van der Waals surface area (Å²) < 4.78 is 8.69. The van der Waals surface area contributed by atoms with Gasteiger partial charge in [0.15, 0.2) is 0 Å². The summed E-state index contributed by atoms with van der Waals surface area (Å²) in [7, 11) is 0. The Bertz CT molecular complexity index is 706. The molecule has 2 aliphatic heterocycles. The van der Waals surface area contributed by atoms with Crippen LogP contribution in [-0.2, 0) is 28.7 Å². The highest BCUT2D eigenvalue weighted by atomic mass is 16.6. The monoisotopic (exact) mass is 332 g/mol. The standard InChI is InChI=1S/C8H4O6.C7H8N2O/c9-5-1-2(6(10)13-5)4-3(1)7(11)14-8(4)12;8-6-3-1-2-5(4-6)7(9)10/h1-4H;1-4H,8H2,(H2,9,10). The summed E-state index contributed by atoms with van der Waals surface area (Å²) in [5.41, 5.74) is 11.4. The minimum Gasteiger partial charge on any atom is -0.399 e. The lowest BCUT2D eigenvalue weighted by atomic mass is 9.59. The SMILES string of the molecule is NC(=O)c1cccc(N)c1.O=C1OC(=O)C2C1C1C(=O)OC(=O)C21. The quantitative estimate of drug-likeness (QED) is 0.377. The van der Waals surface area contributed by atoms with Crippen LogP contribution in [0.1, 0.15) is 10.4 Å². The van der Waals surface area contributed by atoms with Crippen LogP contribution in [0.25, 0.3) is 0 Å². The lowest BCUT2D eigenvalue weighted by molar-refractivity contribution is -0.158. The molecule has 1 amide bonds. The van der Waals surface area contributed by atoms with Crippen molar-refractivity contribution in [2.24, 2.45) is 29.4 Å². The number of rotatable bonds is 1. The summed E-state index contributed by atoms with van der Waals surface area (Å²) in [5.74, 6) is -6.45. The normalized spacial score (nSPS) is 29.5. The molecule has 124 valence electrons. The van der Waals surface area contributed by atoms with Crippen LogP contribution in [0.4, 0.5) is 5.69 Å². The van der Waals surface area contributed by atoms with Gasteiger partial charge in [0.05, 0.1) is 23.7 Å². The first-order valence-electron chi connectivity index (χ1n) is 6.97. The molecular formula is C15H12N2O7. The van der Waals surface area contributed by atoms with Crippen molar-refractivity contribution in [2.75, 3.05) is 5.73 Å². The van der Waals surface area contributed by atoms with Gasteiger partial charge in [0, 0.05) is 11.3 Å². The molecule has 0 aromatic heterocycles. The number of amides is 1. The summed E-state index contributed by atoms with van der Waals surface area (Å²) in [6.07, 6.45) is 0. The average molecular weight is 332 g/mol. The molecule has 0 unspecified atom stereocenters. The highest BCUT2D eigenvalue weighted by Crippen LogP contribution is 2.54. The maximum Gasteiger partial charge on any atom is 0.318 e. The van der Waals surface area contributed by atoms with E-state index in [-0.39, 0.29) is 0 Å². The van der Waals surface area contributed by atoms with E-state index < -0.39 is 53.5 Å². The minimum absolute atomic E-state index is 0.444. The van der Waals surface area contributed by atoms with E-state index in [4.69, 9.17) is 11.5 Å². The maximum absolute atomic E-state index is 11.1. The van der Waals surface area contributed by atoms with E-state index in [1.807, 2.05) is 0 Å². The lowest BCUT2D eigenvalue weighted by Gasteiger charge is -2.33. The molecule has 1 aromatic rings. The van der Waals surface area contributed by atoms with Gasteiger partial charge < -0.3 is 20.9 Å². The van der Waals surface area contributed by atoms with E-state index in [1.165, 1.54) is 0 Å². The molecule has 1 saturated carbocycles. The Morgan fingerprint density at radius 2 is 1.25 bits per heavy atom. The number of fused-ring (bicyclic) bond motifs is 4. The number of ether oxygens (including phenoxy) is 2. The number of benzene rings is 1. The first kappa shape index (κ1) is 15.7. The zero-order chi connectivity index (χ0) is 17.6. The molecule has 4 N–H and O–H groups in total. The van der Waals surface area contributed by atoms with Crippen molar-refractivity contribution in [3.63, 3.8) is 0 Å². The summed E-state index contributed by atoms with van der Waals surface area (Å²) in [6.45, 7) is 0. The number of esters is 4. The van der Waals surface area contributed by atoms with Gasteiger partial charge in [-0.2, -0.15) is 0 Å². The Morgan fingerprint density at radius 1 is 0.833 bits per heavy atom. The smallest absolute Gasteiger partial charge is 0.318 e. The van der Waals surface area contributed by atoms with Crippen LogP contribution in [-0.4, -0.2) is 29.8 Å². The Kier molecular flexibility index (Phi) is 3.55. The van der Waals surface area contributed by atoms with Gasteiger partial charge in [-0.25, -0.2) is 0 Å². The number of hydrogen-bond donors (Lipinski definition) is 2. The molecule has 2 saturated heterocycles. The predicted molar refractivity (Wildman–Crippen MR) is 75.5 cm³/mol. The molecule has 3 fully saturated rings. The van der Waals surface area contributed by atoms with Crippen LogP contribution in [0.5, 0.6) is 0 Å². The third-order valence-electron chi connectivity index (χ3n) is 4.21. The Balaban J connectivity index is 0.000000150. The fourth-order valence-electron chi connectivity index (χ4n) is 3.08. The molecule has 24 heavy (non-hydrogen) atoms. The Morgan fingerprint density at radius 3 is 1.54 bits per heavy atom. The van der Waals surface area contributed by atoms with Crippen molar-refractivity contribution in [3.05, 3.63) is 29.8 Å². The zero-order valence-corrected chi connectivity index (χ0v) is 12.1. The van der Waals surface area contributed by atoms with E-state index >= 15 is 0 Å². The second-order valence-corrected chi connectivity index (χ2v) is 5.57. The molecule has 9 heteroatoms.